The van der Waals surface area contributed by atoms with E-state index in [1.54, 1.807) is 24.5 Å². The van der Waals surface area contributed by atoms with Gasteiger partial charge in [0.25, 0.3) is 5.91 Å². The number of pyridine rings is 1. The van der Waals surface area contributed by atoms with Gasteiger partial charge in [0, 0.05) is 62.8 Å². The van der Waals surface area contributed by atoms with E-state index in [-0.39, 0.29) is 23.3 Å². The molecule has 4 rings (SSSR count). The molecule has 1 aromatic carbocycles. The van der Waals surface area contributed by atoms with Crippen molar-refractivity contribution in [3.63, 3.8) is 0 Å². The van der Waals surface area contributed by atoms with Crippen LogP contribution in [0.15, 0.2) is 48.8 Å². The Morgan fingerprint density at radius 2 is 1.74 bits per heavy atom. The summed E-state index contributed by atoms with van der Waals surface area (Å²) in [6.07, 6.45) is 1.01. The Hall–Kier alpha value is -3.63. The first-order valence-corrected chi connectivity index (χ1v) is 12.4. The molecule has 8 nitrogen and oxygen atoms in total. The number of carboxylic acid groups (broad SMARTS) is 1. The molecule has 0 bridgehead atoms. The highest BCUT2D eigenvalue weighted by Gasteiger charge is 2.44. The van der Waals surface area contributed by atoms with Crippen LogP contribution in [0.4, 0.5) is 13.2 Å². The lowest BCUT2D eigenvalue weighted by atomic mass is 9.76. The fraction of sp³-hybridized carbons (Fsp3) is 0.481. The third kappa shape index (κ3) is 7.69. The molecule has 206 valence electrons. The van der Waals surface area contributed by atoms with Crippen LogP contribution in [0.25, 0.3) is 0 Å². The molecule has 3 heterocycles. The number of aromatic nitrogens is 1. The summed E-state index contributed by atoms with van der Waals surface area (Å²) in [5, 5.41) is 10.2. The van der Waals surface area contributed by atoms with Crippen LogP contribution in [0.2, 0.25) is 0 Å². The molecule has 11 heteroatoms. The highest BCUT2D eigenvalue weighted by molar-refractivity contribution is 5.94. The lowest BCUT2D eigenvalue weighted by molar-refractivity contribution is -0.192. The standard InChI is InChI=1S/C25H31N3O3.C2HF3O2/c1-18(2)17-27-23(29)15-20-16-25(31-22-6-4-3-5-21(20)22)9-13-28(14-10-25)24(30)19-7-11-26-12-8-19;3-2(4,5)1(6)7/h3-8,11-12,18,20H,9-10,13-17H2,1-2H3,(H,27,29);(H,6,7). The Balaban J connectivity index is 0.000000505. The van der Waals surface area contributed by atoms with E-state index in [1.807, 2.05) is 23.1 Å². The number of benzene rings is 1. The number of ether oxygens (including phenoxy) is 1. The molecule has 0 aliphatic carbocycles. The second kappa shape index (κ2) is 12.3. The van der Waals surface area contributed by atoms with Crippen molar-refractivity contribution in [1.82, 2.24) is 15.2 Å². The van der Waals surface area contributed by atoms with Crippen LogP contribution in [-0.4, -0.2) is 64.2 Å². The van der Waals surface area contributed by atoms with Crippen LogP contribution in [-0.2, 0) is 9.59 Å². The molecule has 2 aliphatic rings. The van der Waals surface area contributed by atoms with Crippen molar-refractivity contribution in [3.05, 3.63) is 59.9 Å². The number of fused-ring (bicyclic) bond motifs is 1. The lowest BCUT2D eigenvalue weighted by Gasteiger charge is -2.47. The summed E-state index contributed by atoms with van der Waals surface area (Å²) in [5.41, 5.74) is 1.45. The number of aliphatic carboxylic acids is 1. The minimum atomic E-state index is -5.08. The molecule has 1 fully saturated rings. The Kier molecular flexibility index (Phi) is 9.35. The highest BCUT2D eigenvalue weighted by atomic mass is 19.4. The molecule has 0 radical (unpaired) electrons. The molecule has 1 spiro atoms. The molecule has 2 aromatic rings. The van der Waals surface area contributed by atoms with Crippen molar-refractivity contribution in [1.29, 1.82) is 0 Å². The van der Waals surface area contributed by atoms with E-state index in [0.29, 0.717) is 37.5 Å². The molecule has 2 N–H and O–H groups in total. The summed E-state index contributed by atoms with van der Waals surface area (Å²) in [4.78, 5) is 40.2. The minimum Gasteiger partial charge on any atom is -0.487 e. The van der Waals surface area contributed by atoms with Gasteiger partial charge in [0.05, 0.1) is 0 Å². The molecule has 2 amide bonds. The zero-order valence-electron chi connectivity index (χ0n) is 21.3. The SMILES string of the molecule is CC(C)CNC(=O)CC1CC2(CCN(C(=O)c3ccncc3)CC2)Oc2ccccc21.O=C(O)C(F)(F)F. The molecular weight excluding hydrogens is 503 g/mol. The van der Waals surface area contributed by atoms with Crippen molar-refractivity contribution >= 4 is 17.8 Å². The summed E-state index contributed by atoms with van der Waals surface area (Å²) in [7, 11) is 0. The molecule has 1 saturated heterocycles. The zero-order valence-corrected chi connectivity index (χ0v) is 21.3. The number of piperidine rings is 1. The van der Waals surface area contributed by atoms with Gasteiger partial charge in [0.2, 0.25) is 5.91 Å². The number of hydrogen-bond donors (Lipinski definition) is 2. The first-order valence-electron chi connectivity index (χ1n) is 12.4. The quantitative estimate of drug-likeness (QED) is 0.587. The number of carbonyl (C=O) groups excluding carboxylic acids is 2. The van der Waals surface area contributed by atoms with Crippen molar-refractivity contribution in [3.8, 4) is 5.75 Å². The number of likely N-dealkylation sites (tertiary alicyclic amines) is 1. The Labute approximate surface area is 219 Å². The van der Waals surface area contributed by atoms with E-state index >= 15 is 0 Å². The molecule has 38 heavy (non-hydrogen) atoms. The van der Waals surface area contributed by atoms with Gasteiger partial charge in [0.15, 0.2) is 0 Å². The smallest absolute Gasteiger partial charge is 0.487 e. The van der Waals surface area contributed by atoms with Crippen LogP contribution < -0.4 is 10.1 Å². The third-order valence-electron chi connectivity index (χ3n) is 6.57. The maximum atomic E-state index is 12.8. The van der Waals surface area contributed by atoms with Crippen LogP contribution in [0.3, 0.4) is 0 Å². The summed E-state index contributed by atoms with van der Waals surface area (Å²) >= 11 is 0. The Bertz CT molecular complexity index is 1120. The van der Waals surface area contributed by atoms with Gasteiger partial charge >= 0.3 is 12.1 Å². The number of rotatable bonds is 5. The number of carboxylic acids is 1. The first-order chi connectivity index (χ1) is 17.9. The van der Waals surface area contributed by atoms with Gasteiger partial charge in [-0.2, -0.15) is 13.2 Å². The number of carbonyl (C=O) groups is 3. The molecule has 1 aromatic heterocycles. The second-order valence-electron chi connectivity index (χ2n) is 9.96. The maximum Gasteiger partial charge on any atom is 0.490 e. The lowest BCUT2D eigenvalue weighted by Crippen LogP contribution is -2.52. The number of nitrogens with zero attached hydrogens (tertiary/aromatic N) is 2. The van der Waals surface area contributed by atoms with E-state index in [4.69, 9.17) is 14.6 Å². The predicted molar refractivity (Wildman–Crippen MR) is 133 cm³/mol. The van der Waals surface area contributed by atoms with Gasteiger partial charge in [-0.1, -0.05) is 32.0 Å². The van der Waals surface area contributed by atoms with Crippen molar-refractivity contribution < 1.29 is 37.4 Å². The number of amides is 2. The average molecular weight is 536 g/mol. The minimum absolute atomic E-state index is 0.0399. The third-order valence-corrected chi connectivity index (χ3v) is 6.57. The second-order valence-corrected chi connectivity index (χ2v) is 9.96. The van der Waals surface area contributed by atoms with Gasteiger partial charge in [0.1, 0.15) is 11.4 Å². The van der Waals surface area contributed by atoms with Gasteiger partial charge in [-0.15, -0.1) is 0 Å². The van der Waals surface area contributed by atoms with Crippen LogP contribution in [0, 0.1) is 5.92 Å². The molecule has 1 atom stereocenters. The fourth-order valence-electron chi connectivity index (χ4n) is 4.64. The highest BCUT2D eigenvalue weighted by Crippen LogP contribution is 2.46. The molecule has 2 aliphatic heterocycles. The normalized spacial score (nSPS) is 18.1. The van der Waals surface area contributed by atoms with Gasteiger partial charge < -0.3 is 20.1 Å². The first kappa shape index (κ1) is 28.9. The average Bonchev–Trinajstić information content (AvgIpc) is 2.88. The maximum absolute atomic E-state index is 12.8. The summed E-state index contributed by atoms with van der Waals surface area (Å²) < 4.78 is 38.3. The molecular formula is C27H32F3N3O5. The van der Waals surface area contributed by atoms with E-state index in [0.717, 1.165) is 30.6 Å². The van der Waals surface area contributed by atoms with Gasteiger partial charge in [-0.25, -0.2) is 4.79 Å². The van der Waals surface area contributed by atoms with Crippen LogP contribution >= 0.6 is 0 Å². The summed E-state index contributed by atoms with van der Waals surface area (Å²) in [5.74, 6) is -1.19. The number of halogens is 3. The van der Waals surface area contributed by atoms with E-state index < -0.39 is 12.1 Å². The van der Waals surface area contributed by atoms with E-state index in [1.165, 1.54) is 0 Å². The number of alkyl halides is 3. The summed E-state index contributed by atoms with van der Waals surface area (Å²) in [6, 6.07) is 11.6. The van der Waals surface area contributed by atoms with Crippen molar-refractivity contribution in [2.24, 2.45) is 5.92 Å². The zero-order chi connectivity index (χ0) is 27.9. The Morgan fingerprint density at radius 1 is 1.13 bits per heavy atom. The summed E-state index contributed by atoms with van der Waals surface area (Å²) in [6.45, 7) is 6.19. The number of hydrogen-bond acceptors (Lipinski definition) is 5. The monoisotopic (exact) mass is 535 g/mol. The molecule has 1 unspecified atom stereocenters. The predicted octanol–water partition coefficient (Wildman–Crippen LogP) is 4.42. The number of nitrogens with one attached hydrogen (secondary N) is 1. The van der Waals surface area contributed by atoms with Crippen LogP contribution in [0.5, 0.6) is 5.75 Å². The van der Waals surface area contributed by atoms with Crippen molar-refractivity contribution in [2.75, 3.05) is 19.6 Å². The van der Waals surface area contributed by atoms with Gasteiger partial charge in [-0.05, 0) is 36.1 Å². The topological polar surface area (TPSA) is 109 Å². The number of para-hydroxylation sites is 1. The van der Waals surface area contributed by atoms with E-state index in [9.17, 15) is 22.8 Å². The van der Waals surface area contributed by atoms with E-state index in [2.05, 4.69) is 30.2 Å². The fourth-order valence-corrected chi connectivity index (χ4v) is 4.64. The van der Waals surface area contributed by atoms with Crippen LogP contribution in [0.1, 0.15) is 61.4 Å². The largest absolute Gasteiger partial charge is 0.490 e. The Morgan fingerprint density at radius 3 is 2.32 bits per heavy atom. The van der Waals surface area contributed by atoms with Crippen molar-refractivity contribution in [2.45, 2.75) is 57.2 Å². The molecule has 0 saturated carbocycles. The van der Waals surface area contributed by atoms with Gasteiger partial charge in [-0.3, -0.25) is 14.6 Å².